The van der Waals surface area contributed by atoms with Crippen molar-refractivity contribution in [2.24, 2.45) is 16.8 Å². The summed E-state index contributed by atoms with van der Waals surface area (Å²) in [5.41, 5.74) is 5.34. The molecule has 15 heavy (non-hydrogen) atoms. The van der Waals surface area contributed by atoms with Crippen molar-refractivity contribution in [2.45, 2.75) is 26.8 Å². The monoisotopic (exact) mass is 237 g/mol. The van der Waals surface area contributed by atoms with Crippen molar-refractivity contribution in [3.63, 3.8) is 0 Å². The summed E-state index contributed by atoms with van der Waals surface area (Å²) in [5, 5.41) is 11.2. The van der Waals surface area contributed by atoms with Crippen LogP contribution in [0.25, 0.3) is 0 Å². The van der Waals surface area contributed by atoms with Gasteiger partial charge < -0.3 is 10.9 Å². The normalized spacial score (nSPS) is 16.0. The standard InChI is InChI=1S/C8H19N3O3S/c1-6(2)5-15(13,14)11(4)7(3)8(9)10-12/h6-7,12H,5H2,1-4H3,(H2,9,10). The fourth-order valence-electron chi connectivity index (χ4n) is 1.05. The van der Waals surface area contributed by atoms with Crippen LogP contribution in [-0.4, -0.2) is 42.6 Å². The highest BCUT2D eigenvalue weighted by atomic mass is 32.2. The lowest BCUT2D eigenvalue weighted by atomic mass is 10.3. The number of hydrogen-bond donors (Lipinski definition) is 2. The third kappa shape index (κ3) is 4.05. The van der Waals surface area contributed by atoms with Gasteiger partial charge in [0.05, 0.1) is 11.8 Å². The minimum Gasteiger partial charge on any atom is -0.409 e. The van der Waals surface area contributed by atoms with Crippen molar-refractivity contribution in [3.8, 4) is 0 Å². The molecular formula is C8H19N3O3S. The first-order valence-corrected chi connectivity index (χ1v) is 6.26. The van der Waals surface area contributed by atoms with E-state index in [0.717, 1.165) is 4.31 Å². The van der Waals surface area contributed by atoms with E-state index in [0.29, 0.717) is 0 Å². The molecule has 0 bridgehead atoms. The third-order valence-corrected chi connectivity index (χ3v) is 4.35. The van der Waals surface area contributed by atoms with Crippen molar-refractivity contribution >= 4 is 15.9 Å². The van der Waals surface area contributed by atoms with Gasteiger partial charge in [0.1, 0.15) is 0 Å². The molecule has 0 aliphatic heterocycles. The van der Waals surface area contributed by atoms with Gasteiger partial charge in [0.15, 0.2) is 5.84 Å². The minimum absolute atomic E-state index is 0.0388. The average Bonchev–Trinajstić information content (AvgIpc) is 2.12. The van der Waals surface area contributed by atoms with Gasteiger partial charge in [-0.1, -0.05) is 19.0 Å². The van der Waals surface area contributed by atoms with Crippen molar-refractivity contribution in [1.82, 2.24) is 4.31 Å². The highest BCUT2D eigenvalue weighted by Crippen LogP contribution is 2.08. The summed E-state index contributed by atoms with van der Waals surface area (Å²) in [6.07, 6.45) is 0. The molecule has 0 radical (unpaired) electrons. The van der Waals surface area contributed by atoms with E-state index in [2.05, 4.69) is 5.16 Å². The summed E-state index contributed by atoms with van der Waals surface area (Å²) >= 11 is 0. The minimum atomic E-state index is -3.35. The SMILES string of the molecule is CC(C)CS(=O)(=O)N(C)C(C)C(N)=NO. The molecule has 1 unspecified atom stereocenters. The van der Waals surface area contributed by atoms with Gasteiger partial charge >= 0.3 is 0 Å². The largest absolute Gasteiger partial charge is 0.409 e. The number of sulfonamides is 1. The van der Waals surface area contributed by atoms with Crippen molar-refractivity contribution in [2.75, 3.05) is 12.8 Å². The maximum atomic E-state index is 11.7. The molecule has 0 rings (SSSR count). The van der Waals surface area contributed by atoms with Gasteiger partial charge in [-0.25, -0.2) is 8.42 Å². The average molecular weight is 237 g/mol. The number of rotatable bonds is 5. The lowest BCUT2D eigenvalue weighted by molar-refractivity contribution is 0.311. The summed E-state index contributed by atoms with van der Waals surface area (Å²) < 4.78 is 24.6. The molecule has 90 valence electrons. The van der Waals surface area contributed by atoms with E-state index >= 15 is 0 Å². The molecule has 0 amide bonds. The molecule has 0 spiro atoms. The Balaban J connectivity index is 4.78. The van der Waals surface area contributed by atoms with Crippen LogP contribution in [0.4, 0.5) is 0 Å². The quantitative estimate of drug-likeness (QED) is 0.305. The second kappa shape index (κ2) is 5.32. The van der Waals surface area contributed by atoms with Gasteiger partial charge in [-0.05, 0) is 12.8 Å². The molecule has 0 saturated carbocycles. The smallest absolute Gasteiger partial charge is 0.214 e. The summed E-state index contributed by atoms with van der Waals surface area (Å²) in [6, 6.07) is -0.640. The van der Waals surface area contributed by atoms with E-state index in [4.69, 9.17) is 10.9 Å². The number of amidine groups is 1. The molecule has 0 aromatic heterocycles. The Morgan fingerprint density at radius 3 is 2.27 bits per heavy atom. The Morgan fingerprint density at radius 1 is 1.47 bits per heavy atom. The summed E-state index contributed by atoms with van der Waals surface area (Å²) in [4.78, 5) is 0. The first kappa shape index (κ1) is 14.2. The Bertz CT molecular complexity index is 324. The number of likely N-dealkylation sites (N-methyl/N-ethyl adjacent to an activating group) is 1. The van der Waals surface area contributed by atoms with Gasteiger partial charge in [0.2, 0.25) is 10.0 Å². The van der Waals surface area contributed by atoms with E-state index in [9.17, 15) is 8.42 Å². The van der Waals surface area contributed by atoms with Gasteiger partial charge in [0, 0.05) is 7.05 Å². The predicted octanol–water partition coefficient (Wildman–Crippen LogP) is 0.0389. The first-order valence-electron chi connectivity index (χ1n) is 4.65. The molecule has 0 heterocycles. The van der Waals surface area contributed by atoms with Gasteiger partial charge in [-0.3, -0.25) is 0 Å². The van der Waals surface area contributed by atoms with Crippen LogP contribution in [0.2, 0.25) is 0 Å². The number of hydrogen-bond acceptors (Lipinski definition) is 4. The van der Waals surface area contributed by atoms with Crippen molar-refractivity contribution < 1.29 is 13.6 Å². The molecule has 0 aromatic rings. The maximum Gasteiger partial charge on any atom is 0.214 e. The van der Waals surface area contributed by atoms with Crippen LogP contribution < -0.4 is 5.73 Å². The summed E-state index contributed by atoms with van der Waals surface area (Å²) in [5.74, 6) is -0.0335. The Kier molecular flexibility index (Phi) is 5.02. The molecule has 0 aliphatic rings. The van der Waals surface area contributed by atoms with E-state index in [1.54, 1.807) is 6.92 Å². The van der Waals surface area contributed by atoms with Crippen LogP contribution in [0, 0.1) is 5.92 Å². The van der Waals surface area contributed by atoms with E-state index in [-0.39, 0.29) is 17.5 Å². The Hall–Kier alpha value is -0.820. The van der Waals surface area contributed by atoms with E-state index in [1.165, 1.54) is 7.05 Å². The van der Waals surface area contributed by atoms with E-state index in [1.807, 2.05) is 13.8 Å². The second-order valence-corrected chi connectivity index (χ2v) is 5.96. The number of nitrogens with two attached hydrogens (primary N) is 1. The Labute approximate surface area is 90.8 Å². The second-order valence-electron chi connectivity index (χ2n) is 3.89. The fourth-order valence-corrected chi connectivity index (χ4v) is 2.72. The van der Waals surface area contributed by atoms with Crippen LogP contribution in [0.15, 0.2) is 5.16 Å². The third-order valence-electron chi connectivity index (χ3n) is 2.07. The molecular weight excluding hydrogens is 218 g/mol. The Morgan fingerprint density at radius 2 is 1.93 bits per heavy atom. The summed E-state index contributed by atoms with van der Waals surface area (Å²) in [7, 11) is -1.94. The van der Waals surface area contributed by atoms with E-state index < -0.39 is 16.1 Å². The van der Waals surface area contributed by atoms with Gasteiger partial charge in [-0.15, -0.1) is 0 Å². The van der Waals surface area contributed by atoms with Crippen molar-refractivity contribution in [3.05, 3.63) is 0 Å². The fraction of sp³-hybridized carbons (Fsp3) is 0.875. The molecule has 0 aliphatic carbocycles. The van der Waals surface area contributed by atoms with Gasteiger partial charge in [-0.2, -0.15) is 4.31 Å². The van der Waals surface area contributed by atoms with Crippen LogP contribution in [0.1, 0.15) is 20.8 Å². The zero-order valence-corrected chi connectivity index (χ0v) is 10.3. The zero-order chi connectivity index (χ0) is 12.2. The van der Waals surface area contributed by atoms with Gasteiger partial charge in [0.25, 0.3) is 0 Å². The topological polar surface area (TPSA) is 96.0 Å². The van der Waals surface area contributed by atoms with Crippen LogP contribution in [-0.2, 0) is 10.0 Å². The number of oxime groups is 1. The van der Waals surface area contributed by atoms with Crippen LogP contribution >= 0.6 is 0 Å². The lowest BCUT2D eigenvalue weighted by Gasteiger charge is -2.23. The van der Waals surface area contributed by atoms with Crippen molar-refractivity contribution in [1.29, 1.82) is 0 Å². The molecule has 3 N–H and O–H groups in total. The summed E-state index contributed by atoms with van der Waals surface area (Å²) in [6.45, 7) is 5.20. The zero-order valence-electron chi connectivity index (χ0n) is 9.51. The molecule has 6 nitrogen and oxygen atoms in total. The highest BCUT2D eigenvalue weighted by Gasteiger charge is 2.26. The van der Waals surface area contributed by atoms with Crippen LogP contribution in [0.3, 0.4) is 0 Å². The molecule has 0 saturated heterocycles. The molecule has 0 aromatic carbocycles. The molecule has 0 fully saturated rings. The maximum absolute atomic E-state index is 11.7. The molecule has 7 heteroatoms. The first-order chi connectivity index (χ1) is 6.72. The highest BCUT2D eigenvalue weighted by molar-refractivity contribution is 7.89. The lowest BCUT2D eigenvalue weighted by Crippen LogP contribution is -2.45. The number of nitrogens with zero attached hydrogens (tertiary/aromatic N) is 2. The molecule has 1 atom stereocenters. The predicted molar refractivity (Wildman–Crippen MR) is 59.3 cm³/mol. The van der Waals surface area contributed by atoms with Crippen LogP contribution in [0.5, 0.6) is 0 Å².